The molecule has 1 rings (SSSR count). The van der Waals surface area contributed by atoms with E-state index in [2.05, 4.69) is 0 Å². The van der Waals surface area contributed by atoms with Crippen LogP contribution < -0.4 is 10.5 Å². The molecule has 5 nitrogen and oxygen atoms in total. The number of allylic oxidation sites excluding steroid dienone is 1. The van der Waals surface area contributed by atoms with Crippen LogP contribution in [0.2, 0.25) is 0 Å². The second kappa shape index (κ2) is 5.94. The van der Waals surface area contributed by atoms with E-state index in [0.717, 1.165) is 0 Å². The van der Waals surface area contributed by atoms with Gasteiger partial charge in [0, 0.05) is 0 Å². The van der Waals surface area contributed by atoms with E-state index >= 15 is 0 Å². The Kier molecular flexibility index (Phi) is 4.29. The maximum absolute atomic E-state index is 10.5. The first-order chi connectivity index (χ1) is 8.15. The lowest BCUT2D eigenvalue weighted by Gasteiger charge is -2.03. The summed E-state index contributed by atoms with van der Waals surface area (Å²) in [6.07, 6.45) is 1.46. The molecule has 0 aromatic heterocycles. The molecule has 0 fully saturated rings. The Balaban J connectivity index is 2.76. The molecule has 0 aliphatic carbocycles. The number of benzene rings is 1. The first-order valence-electron chi connectivity index (χ1n) is 4.69. The number of rotatable bonds is 4. The van der Waals surface area contributed by atoms with E-state index in [9.17, 15) is 4.79 Å². The van der Waals surface area contributed by atoms with E-state index in [1.165, 1.54) is 6.08 Å². The molecule has 1 aromatic rings. The average molecular weight is 227 g/mol. The van der Waals surface area contributed by atoms with Gasteiger partial charge in [-0.15, -0.1) is 0 Å². The van der Waals surface area contributed by atoms with Gasteiger partial charge in [0.25, 0.3) is 5.91 Å². The number of nitriles is 2. The number of hydrogen-bond donors (Lipinski definition) is 1. The summed E-state index contributed by atoms with van der Waals surface area (Å²) in [5.74, 6) is -0.0540. The van der Waals surface area contributed by atoms with Crippen LogP contribution in [0, 0.1) is 22.7 Å². The van der Waals surface area contributed by atoms with Crippen molar-refractivity contribution in [2.75, 3.05) is 6.61 Å². The Bertz CT molecular complexity index is 502. The molecule has 17 heavy (non-hydrogen) atoms. The number of amides is 1. The predicted molar refractivity (Wildman–Crippen MR) is 60.3 cm³/mol. The lowest BCUT2D eigenvalue weighted by atomic mass is 10.1. The third-order valence-corrected chi connectivity index (χ3v) is 1.81. The quantitative estimate of drug-likeness (QED) is 0.775. The highest BCUT2D eigenvalue weighted by Gasteiger charge is 1.98. The van der Waals surface area contributed by atoms with Gasteiger partial charge in [-0.2, -0.15) is 10.5 Å². The molecule has 5 heteroatoms. The van der Waals surface area contributed by atoms with Crippen LogP contribution in [0.5, 0.6) is 5.75 Å². The van der Waals surface area contributed by atoms with Gasteiger partial charge < -0.3 is 10.5 Å². The molecule has 84 valence electrons. The Morgan fingerprint density at radius 2 is 1.88 bits per heavy atom. The zero-order valence-electron chi connectivity index (χ0n) is 8.88. The van der Waals surface area contributed by atoms with Gasteiger partial charge >= 0.3 is 0 Å². The van der Waals surface area contributed by atoms with Crippen LogP contribution in [0.1, 0.15) is 5.56 Å². The van der Waals surface area contributed by atoms with Crippen LogP contribution in [0.15, 0.2) is 29.8 Å². The summed E-state index contributed by atoms with van der Waals surface area (Å²) in [6, 6.07) is 10.1. The number of carbonyl (C=O) groups is 1. The van der Waals surface area contributed by atoms with Crippen LogP contribution in [-0.4, -0.2) is 12.5 Å². The van der Waals surface area contributed by atoms with Crippen molar-refractivity contribution in [2.24, 2.45) is 5.73 Å². The highest BCUT2D eigenvalue weighted by molar-refractivity contribution is 5.75. The van der Waals surface area contributed by atoms with Crippen LogP contribution >= 0.6 is 0 Å². The molecular formula is C12H9N3O2. The number of primary amides is 1. The van der Waals surface area contributed by atoms with Gasteiger partial charge in [0.2, 0.25) is 0 Å². The molecule has 0 aliphatic heterocycles. The topological polar surface area (TPSA) is 99.9 Å². The fourth-order valence-corrected chi connectivity index (χ4v) is 1.07. The minimum atomic E-state index is -0.551. The SMILES string of the molecule is N#CC(C#N)=Cc1ccc(OCC(N)=O)cc1. The molecule has 1 aromatic carbocycles. The summed E-state index contributed by atoms with van der Waals surface area (Å²) in [4.78, 5) is 10.5. The maximum atomic E-state index is 10.5. The molecule has 0 radical (unpaired) electrons. The lowest BCUT2D eigenvalue weighted by Crippen LogP contribution is -2.19. The van der Waals surface area contributed by atoms with Gasteiger partial charge in [0.15, 0.2) is 6.61 Å². The normalized spacial score (nSPS) is 8.59. The summed E-state index contributed by atoms with van der Waals surface area (Å²) >= 11 is 0. The minimum Gasteiger partial charge on any atom is -0.484 e. The Morgan fingerprint density at radius 3 is 2.35 bits per heavy atom. The Morgan fingerprint density at radius 1 is 1.29 bits per heavy atom. The lowest BCUT2D eigenvalue weighted by molar-refractivity contribution is -0.119. The van der Waals surface area contributed by atoms with Crippen LogP contribution in [0.3, 0.4) is 0 Å². The molecule has 0 heterocycles. The molecule has 1 amide bonds. The van der Waals surface area contributed by atoms with Crippen molar-refractivity contribution in [2.45, 2.75) is 0 Å². The van der Waals surface area contributed by atoms with Gasteiger partial charge in [0.1, 0.15) is 23.5 Å². The van der Waals surface area contributed by atoms with Crippen LogP contribution in [-0.2, 0) is 4.79 Å². The third-order valence-electron chi connectivity index (χ3n) is 1.81. The van der Waals surface area contributed by atoms with E-state index in [1.807, 2.05) is 0 Å². The third kappa shape index (κ3) is 4.06. The number of ether oxygens (including phenoxy) is 1. The molecule has 0 saturated heterocycles. The van der Waals surface area contributed by atoms with Crippen LogP contribution in [0.4, 0.5) is 0 Å². The standard InChI is InChI=1S/C12H9N3O2/c13-6-10(7-14)5-9-1-3-11(4-2-9)17-8-12(15)16/h1-5H,8H2,(H2,15,16). The second-order valence-electron chi connectivity index (χ2n) is 3.11. The zero-order valence-corrected chi connectivity index (χ0v) is 8.88. The van der Waals surface area contributed by atoms with E-state index in [1.54, 1.807) is 36.4 Å². The monoisotopic (exact) mass is 227 g/mol. The van der Waals surface area contributed by atoms with Crippen molar-refractivity contribution in [3.63, 3.8) is 0 Å². The number of carbonyl (C=O) groups excluding carboxylic acids is 1. The number of nitrogens with zero attached hydrogens (tertiary/aromatic N) is 2. The summed E-state index contributed by atoms with van der Waals surface area (Å²) in [5, 5.41) is 17.1. The summed E-state index contributed by atoms with van der Waals surface area (Å²) in [6.45, 7) is -0.184. The fraction of sp³-hybridized carbons (Fsp3) is 0.0833. The zero-order chi connectivity index (χ0) is 12.7. The summed E-state index contributed by atoms with van der Waals surface area (Å²) in [7, 11) is 0. The van der Waals surface area contributed by atoms with E-state index in [0.29, 0.717) is 11.3 Å². The van der Waals surface area contributed by atoms with Gasteiger partial charge in [-0.1, -0.05) is 12.1 Å². The highest BCUT2D eigenvalue weighted by Crippen LogP contribution is 2.14. The van der Waals surface area contributed by atoms with Crippen molar-refractivity contribution >= 4 is 12.0 Å². The molecular weight excluding hydrogens is 218 g/mol. The summed E-state index contributed by atoms with van der Waals surface area (Å²) < 4.78 is 5.05. The van der Waals surface area contributed by atoms with Gasteiger partial charge in [-0.3, -0.25) is 4.79 Å². The highest BCUT2D eigenvalue weighted by atomic mass is 16.5. The van der Waals surface area contributed by atoms with Crippen molar-refractivity contribution in [3.8, 4) is 17.9 Å². The Labute approximate surface area is 98.3 Å². The van der Waals surface area contributed by atoms with Gasteiger partial charge in [-0.05, 0) is 23.8 Å². The number of hydrogen-bond acceptors (Lipinski definition) is 4. The molecule has 2 N–H and O–H groups in total. The first-order valence-corrected chi connectivity index (χ1v) is 4.69. The fourth-order valence-electron chi connectivity index (χ4n) is 1.07. The molecule has 0 bridgehead atoms. The largest absolute Gasteiger partial charge is 0.484 e. The van der Waals surface area contributed by atoms with E-state index < -0.39 is 5.91 Å². The Hall–Kier alpha value is -2.79. The first kappa shape index (κ1) is 12.3. The average Bonchev–Trinajstić information content (AvgIpc) is 2.34. The smallest absolute Gasteiger partial charge is 0.255 e. The predicted octanol–water partition coefficient (Wildman–Crippen LogP) is 0.981. The van der Waals surface area contributed by atoms with E-state index in [4.69, 9.17) is 21.0 Å². The van der Waals surface area contributed by atoms with E-state index in [-0.39, 0.29) is 12.2 Å². The second-order valence-corrected chi connectivity index (χ2v) is 3.11. The maximum Gasteiger partial charge on any atom is 0.255 e. The number of nitrogens with two attached hydrogens (primary N) is 1. The van der Waals surface area contributed by atoms with Crippen molar-refractivity contribution in [1.29, 1.82) is 10.5 Å². The molecule has 0 unspecified atom stereocenters. The van der Waals surface area contributed by atoms with Gasteiger partial charge in [0.05, 0.1) is 0 Å². The molecule has 0 saturated carbocycles. The van der Waals surface area contributed by atoms with Gasteiger partial charge in [-0.25, -0.2) is 0 Å². The van der Waals surface area contributed by atoms with Crippen molar-refractivity contribution in [3.05, 3.63) is 35.4 Å². The molecule has 0 aliphatic rings. The minimum absolute atomic E-state index is 0.0239. The molecule has 0 atom stereocenters. The van der Waals surface area contributed by atoms with Crippen molar-refractivity contribution in [1.82, 2.24) is 0 Å². The molecule has 0 spiro atoms. The van der Waals surface area contributed by atoms with Crippen molar-refractivity contribution < 1.29 is 9.53 Å². The summed E-state index contributed by atoms with van der Waals surface area (Å²) in [5.41, 5.74) is 5.65. The van der Waals surface area contributed by atoms with Crippen LogP contribution in [0.25, 0.3) is 6.08 Å².